The summed E-state index contributed by atoms with van der Waals surface area (Å²) in [6.45, 7) is 5.92. The second kappa shape index (κ2) is 15.1. The summed E-state index contributed by atoms with van der Waals surface area (Å²) in [6, 6.07) is 20.1. The number of rotatable bonds is 12. The lowest BCUT2D eigenvalue weighted by molar-refractivity contribution is -0.966. The summed E-state index contributed by atoms with van der Waals surface area (Å²) in [6.07, 6.45) is -0.897. The number of aliphatic hydroxyl groups excluding tert-OH is 2. The van der Waals surface area contributed by atoms with Crippen molar-refractivity contribution in [2.24, 2.45) is 11.8 Å². The molecule has 2 fully saturated rings. The number of urea groups is 1. The van der Waals surface area contributed by atoms with Gasteiger partial charge in [-0.25, -0.2) is 9.28 Å². The highest BCUT2D eigenvalue weighted by atomic mass is 16.5. The maximum atomic E-state index is 13.6. The zero-order valence-electron chi connectivity index (χ0n) is 26.2. The van der Waals surface area contributed by atoms with Gasteiger partial charge in [0.15, 0.2) is 6.04 Å². The number of aliphatic hydroxyl groups is 2. The molecule has 6 unspecified atom stereocenters. The first-order valence-corrected chi connectivity index (χ1v) is 15.5. The second-order valence-corrected chi connectivity index (χ2v) is 12.7. The van der Waals surface area contributed by atoms with Gasteiger partial charge >= 0.3 is 6.03 Å². The van der Waals surface area contributed by atoms with Crippen molar-refractivity contribution >= 4 is 6.03 Å². The third-order valence-electron chi connectivity index (χ3n) is 9.04. The van der Waals surface area contributed by atoms with E-state index < -0.39 is 24.3 Å². The van der Waals surface area contributed by atoms with Gasteiger partial charge in [-0.3, -0.25) is 5.32 Å². The van der Waals surface area contributed by atoms with Crippen LogP contribution in [0.25, 0.3) is 0 Å². The molecular formula is C34H41N7O5+2. The number of piperidine rings is 2. The molecule has 3 N–H and O–H groups in total. The maximum absolute atomic E-state index is 13.6. The molecule has 2 bridgehead atoms. The normalized spacial score (nSPS) is 26.0. The zero-order chi connectivity index (χ0) is 33.3. The lowest BCUT2D eigenvalue weighted by Crippen LogP contribution is -2.74. The van der Waals surface area contributed by atoms with Crippen LogP contribution in [0.4, 0.5) is 4.79 Å². The van der Waals surface area contributed by atoms with E-state index in [1.54, 1.807) is 62.4 Å². The predicted molar refractivity (Wildman–Crippen MR) is 165 cm³/mol. The standard InChI is InChI=1S/C34H40N7O5/c1-24(12-35)39-34(44)41(25(2)13-36)18-28-11-29(19-41)17-40(16-28,20-30(42)22-45-32-7-3-26(14-37)4-8-32)21-31(43)23-46-33-9-5-27(15-38)6-10-33/h3-10,24-25,28-31,42-43H,11,16-23H2,1-2H3/q+1/p+1. The Labute approximate surface area is 270 Å². The molecule has 0 spiro atoms. The van der Waals surface area contributed by atoms with Crippen molar-refractivity contribution in [1.82, 2.24) is 5.32 Å². The summed E-state index contributed by atoms with van der Waals surface area (Å²) in [5.74, 6) is 1.09. The SMILES string of the molecule is CC(C#N)NC(=O)[N+]1(C(C)C#N)CC2CC(C[N+](CC(O)COc3ccc(C#N)cc3)(CC(O)COc3ccc(C#N)cc3)C2)C1. The Kier molecular flexibility index (Phi) is 11.2. The zero-order valence-corrected chi connectivity index (χ0v) is 26.2. The molecule has 2 aliphatic heterocycles. The molecule has 46 heavy (non-hydrogen) atoms. The van der Waals surface area contributed by atoms with Gasteiger partial charge in [0.25, 0.3) is 0 Å². The van der Waals surface area contributed by atoms with Crippen LogP contribution in [0.1, 0.15) is 31.4 Å². The van der Waals surface area contributed by atoms with Crippen LogP contribution in [0, 0.1) is 57.2 Å². The summed E-state index contributed by atoms with van der Waals surface area (Å²) in [4.78, 5) is 13.6. The number of carbonyl (C=O) groups excluding carboxylic acids is 1. The monoisotopic (exact) mass is 627 g/mol. The molecule has 2 aliphatic rings. The number of ether oxygens (including phenoxy) is 2. The summed E-state index contributed by atoms with van der Waals surface area (Å²) in [5, 5.41) is 62.6. The largest absolute Gasteiger partial charge is 0.491 e. The molecule has 12 heteroatoms. The van der Waals surface area contributed by atoms with E-state index in [2.05, 4.69) is 23.5 Å². The molecule has 4 rings (SSSR count). The first kappa shape index (κ1) is 34.2. The molecule has 2 aromatic rings. The van der Waals surface area contributed by atoms with E-state index in [0.717, 1.165) is 6.42 Å². The van der Waals surface area contributed by atoms with Crippen molar-refractivity contribution in [1.29, 1.82) is 21.0 Å². The van der Waals surface area contributed by atoms with Gasteiger partial charge in [-0.1, -0.05) is 0 Å². The first-order valence-electron chi connectivity index (χ1n) is 15.5. The van der Waals surface area contributed by atoms with Gasteiger partial charge < -0.3 is 24.2 Å². The highest BCUT2D eigenvalue weighted by Gasteiger charge is 2.56. The Morgan fingerprint density at radius 1 is 0.804 bits per heavy atom. The van der Waals surface area contributed by atoms with Gasteiger partial charge in [-0.05, 0) is 61.9 Å². The Morgan fingerprint density at radius 3 is 1.65 bits per heavy atom. The Morgan fingerprint density at radius 2 is 1.26 bits per heavy atom. The molecule has 0 aliphatic carbocycles. The number of carbonyl (C=O) groups is 1. The van der Waals surface area contributed by atoms with E-state index in [1.807, 2.05) is 6.07 Å². The van der Waals surface area contributed by atoms with Crippen LogP contribution < -0.4 is 14.8 Å². The molecule has 6 atom stereocenters. The van der Waals surface area contributed by atoms with Crippen molar-refractivity contribution in [3.63, 3.8) is 0 Å². The van der Waals surface area contributed by atoms with Crippen molar-refractivity contribution in [2.75, 3.05) is 52.5 Å². The van der Waals surface area contributed by atoms with Gasteiger partial charge in [0.05, 0.1) is 67.3 Å². The van der Waals surface area contributed by atoms with Crippen molar-refractivity contribution in [2.45, 2.75) is 44.6 Å². The lowest BCUT2D eigenvalue weighted by Gasteiger charge is -2.55. The summed E-state index contributed by atoms with van der Waals surface area (Å²) in [5.41, 5.74) is 1.01. The highest BCUT2D eigenvalue weighted by Crippen LogP contribution is 2.39. The van der Waals surface area contributed by atoms with Crippen LogP contribution in [0.2, 0.25) is 0 Å². The van der Waals surface area contributed by atoms with Gasteiger partial charge in [0, 0.05) is 6.92 Å². The van der Waals surface area contributed by atoms with Crippen molar-refractivity contribution < 1.29 is 33.4 Å². The van der Waals surface area contributed by atoms with Gasteiger partial charge in [-0.15, -0.1) is 0 Å². The Hall–Kier alpha value is -4.69. The lowest BCUT2D eigenvalue weighted by atomic mass is 9.80. The second-order valence-electron chi connectivity index (χ2n) is 12.7. The van der Waals surface area contributed by atoms with Crippen LogP contribution in [-0.4, -0.2) is 102 Å². The van der Waals surface area contributed by atoms with E-state index in [4.69, 9.17) is 20.0 Å². The van der Waals surface area contributed by atoms with Crippen LogP contribution >= 0.6 is 0 Å². The third kappa shape index (κ3) is 8.31. The fourth-order valence-electron chi connectivity index (χ4n) is 7.17. The number of quaternary nitrogens is 2. The number of likely N-dealkylation sites (tertiary alicyclic amines) is 2. The predicted octanol–water partition coefficient (Wildman–Crippen LogP) is 2.43. The number of nitrogens with zero attached hydrogens (tertiary/aromatic N) is 6. The smallest absolute Gasteiger partial charge is 0.418 e. The number of benzene rings is 2. The number of nitrogens with one attached hydrogen (secondary N) is 1. The molecule has 0 aromatic heterocycles. The van der Waals surface area contributed by atoms with E-state index >= 15 is 0 Å². The molecule has 0 radical (unpaired) electrons. The first-order chi connectivity index (χ1) is 22.0. The topological polar surface area (TPSA) is 183 Å². The fourth-order valence-corrected chi connectivity index (χ4v) is 7.17. The Balaban J connectivity index is 1.52. The van der Waals surface area contributed by atoms with E-state index in [1.165, 1.54) is 0 Å². The number of amides is 2. The average molecular weight is 628 g/mol. The summed E-state index contributed by atoms with van der Waals surface area (Å²) >= 11 is 0. The minimum Gasteiger partial charge on any atom is -0.491 e. The minimum absolute atomic E-state index is 0.0129. The third-order valence-corrected chi connectivity index (χ3v) is 9.04. The molecule has 2 heterocycles. The fraction of sp³-hybridized carbons (Fsp3) is 0.500. The van der Waals surface area contributed by atoms with Crippen molar-refractivity contribution in [3.05, 3.63) is 59.7 Å². The quantitative estimate of drug-likeness (QED) is 0.298. The minimum atomic E-state index is -0.877. The maximum Gasteiger partial charge on any atom is 0.418 e. The van der Waals surface area contributed by atoms with Crippen LogP contribution in [0.3, 0.4) is 0 Å². The van der Waals surface area contributed by atoms with Gasteiger partial charge in [0.2, 0.25) is 0 Å². The molecule has 2 aromatic carbocycles. The number of hydrogen-bond donors (Lipinski definition) is 3. The Bertz CT molecular complexity index is 1430. The van der Waals surface area contributed by atoms with Gasteiger partial charge in [0.1, 0.15) is 62.1 Å². The molecular weight excluding hydrogens is 586 g/mol. The number of fused-ring (bicyclic) bond motifs is 2. The summed E-state index contributed by atoms with van der Waals surface area (Å²) in [7, 11) is 0. The molecule has 240 valence electrons. The van der Waals surface area contributed by atoms with Crippen molar-refractivity contribution in [3.8, 4) is 35.8 Å². The van der Waals surface area contributed by atoms with Crippen LogP contribution in [0.5, 0.6) is 11.5 Å². The highest BCUT2D eigenvalue weighted by molar-refractivity contribution is 5.68. The number of nitriles is 4. The van der Waals surface area contributed by atoms with E-state index in [0.29, 0.717) is 66.4 Å². The molecule has 2 saturated heterocycles. The number of hydrogen-bond acceptors (Lipinski definition) is 9. The van der Waals surface area contributed by atoms with Crippen LogP contribution in [-0.2, 0) is 0 Å². The van der Waals surface area contributed by atoms with E-state index in [9.17, 15) is 25.5 Å². The van der Waals surface area contributed by atoms with E-state index in [-0.39, 0.29) is 35.6 Å². The molecule has 2 amide bonds. The molecule has 0 saturated carbocycles. The van der Waals surface area contributed by atoms with Gasteiger partial charge in [-0.2, -0.15) is 21.0 Å². The van der Waals surface area contributed by atoms with Crippen LogP contribution in [0.15, 0.2) is 48.5 Å². The summed E-state index contributed by atoms with van der Waals surface area (Å²) < 4.78 is 12.0. The average Bonchev–Trinajstić information content (AvgIpc) is 3.05. The molecule has 12 nitrogen and oxygen atoms in total.